The Morgan fingerprint density at radius 1 is 1.28 bits per heavy atom. The molecule has 1 N–H and O–H groups in total. The number of urea groups is 1. The number of amides is 2. The normalized spacial score (nSPS) is 13.0. The van der Waals surface area contributed by atoms with Crippen LogP contribution in [0.25, 0.3) is 10.9 Å². The molecule has 7 nitrogen and oxygen atoms in total. The molecule has 0 fully saturated rings. The summed E-state index contributed by atoms with van der Waals surface area (Å²) in [5.74, 6) is 0.551. The van der Waals surface area contributed by atoms with Gasteiger partial charge in [-0.2, -0.15) is 0 Å². The summed E-state index contributed by atoms with van der Waals surface area (Å²) in [5.41, 5.74) is 0.0414. The number of likely N-dealkylation sites (N-methyl/N-ethyl adjacent to an activating group) is 1. The Hall–Kier alpha value is -2.12. The van der Waals surface area contributed by atoms with Gasteiger partial charge in [-0.25, -0.2) is 9.78 Å². The van der Waals surface area contributed by atoms with Gasteiger partial charge in [-0.15, -0.1) is 0 Å². The van der Waals surface area contributed by atoms with Gasteiger partial charge in [-0.05, 0) is 66.9 Å². The highest BCUT2D eigenvalue weighted by Crippen LogP contribution is 2.22. The fourth-order valence-corrected chi connectivity index (χ4v) is 3.31. The van der Waals surface area contributed by atoms with Crippen molar-refractivity contribution in [2.45, 2.75) is 52.7 Å². The molecule has 1 aromatic heterocycles. The first-order chi connectivity index (χ1) is 13.4. The maximum atomic E-state index is 13.0. The molecule has 0 spiro atoms. The molecule has 8 heteroatoms. The number of carbonyl (C=O) groups excluding carboxylic acids is 1. The molecule has 0 aliphatic heterocycles. The summed E-state index contributed by atoms with van der Waals surface area (Å²) in [6.07, 6.45) is 0. The minimum atomic E-state index is -0.395. The van der Waals surface area contributed by atoms with Crippen LogP contribution in [0.4, 0.5) is 4.79 Å². The van der Waals surface area contributed by atoms with Crippen LogP contribution in [0.3, 0.4) is 0 Å². The number of rotatable bonds is 6. The minimum absolute atomic E-state index is 0.125. The van der Waals surface area contributed by atoms with Gasteiger partial charge in [0.2, 0.25) is 0 Å². The summed E-state index contributed by atoms with van der Waals surface area (Å²) in [6.45, 7) is 11.3. The lowest BCUT2D eigenvalue weighted by Crippen LogP contribution is -2.51. The average Bonchev–Trinajstić information content (AvgIpc) is 2.59. The molecule has 0 saturated heterocycles. The summed E-state index contributed by atoms with van der Waals surface area (Å²) < 4.78 is 1.63. The van der Waals surface area contributed by atoms with Crippen molar-refractivity contribution in [2.24, 2.45) is 0 Å². The molecule has 0 radical (unpaired) electrons. The van der Waals surface area contributed by atoms with E-state index in [2.05, 4.69) is 5.32 Å². The number of nitrogens with one attached hydrogen (secondary N) is 1. The number of carbonyl (C=O) groups is 1. The second-order valence-electron chi connectivity index (χ2n) is 8.53. The summed E-state index contributed by atoms with van der Waals surface area (Å²) in [4.78, 5) is 34.6. The highest BCUT2D eigenvalue weighted by Gasteiger charge is 2.28. The second-order valence-corrected chi connectivity index (χ2v) is 8.97. The Bertz CT molecular complexity index is 933. The molecule has 1 heterocycles. The standard InChI is InChI=1S/C21H32ClN5O2/c1-8-26-18(23-17-13-15(22)9-10-16(17)19(26)28)14(2)27(12-11-25(6)7)20(29)24-21(3,4)5/h9-10,13-14H,8,11-12H2,1-7H3,(H,24,29). The number of halogens is 1. The van der Waals surface area contributed by atoms with Crippen LogP contribution in [0.15, 0.2) is 23.0 Å². The highest BCUT2D eigenvalue weighted by molar-refractivity contribution is 6.31. The van der Waals surface area contributed by atoms with Crippen molar-refractivity contribution >= 4 is 28.5 Å². The van der Waals surface area contributed by atoms with Gasteiger partial charge in [0.1, 0.15) is 5.82 Å². The minimum Gasteiger partial charge on any atom is -0.333 e. The van der Waals surface area contributed by atoms with E-state index in [0.717, 1.165) is 0 Å². The molecule has 1 unspecified atom stereocenters. The second kappa shape index (κ2) is 9.13. The number of hydrogen-bond donors (Lipinski definition) is 1. The van der Waals surface area contributed by atoms with Gasteiger partial charge >= 0.3 is 6.03 Å². The van der Waals surface area contributed by atoms with Gasteiger partial charge in [0.05, 0.1) is 16.9 Å². The maximum Gasteiger partial charge on any atom is 0.318 e. The summed E-state index contributed by atoms with van der Waals surface area (Å²) in [6, 6.07) is 4.50. The number of fused-ring (bicyclic) bond motifs is 1. The Balaban J connectivity index is 2.56. The molecule has 0 aliphatic rings. The molecule has 0 saturated carbocycles. The van der Waals surface area contributed by atoms with E-state index in [9.17, 15) is 9.59 Å². The van der Waals surface area contributed by atoms with E-state index < -0.39 is 6.04 Å². The topological polar surface area (TPSA) is 70.5 Å². The van der Waals surface area contributed by atoms with Crippen LogP contribution in [0.5, 0.6) is 0 Å². The van der Waals surface area contributed by atoms with Crippen LogP contribution in [0.1, 0.15) is 46.5 Å². The molecule has 2 rings (SSSR count). The van der Waals surface area contributed by atoms with Crippen LogP contribution in [-0.4, -0.2) is 58.1 Å². The zero-order valence-electron chi connectivity index (χ0n) is 18.4. The Kier molecular flexibility index (Phi) is 7.30. The Morgan fingerprint density at radius 2 is 1.93 bits per heavy atom. The number of nitrogens with zero attached hydrogens (tertiary/aromatic N) is 4. The SMILES string of the molecule is CCn1c(C(C)N(CCN(C)C)C(=O)NC(C)(C)C)nc2cc(Cl)ccc2c1=O. The molecule has 0 aliphatic carbocycles. The van der Waals surface area contributed by atoms with Gasteiger partial charge < -0.3 is 15.1 Å². The third-order valence-corrected chi connectivity index (χ3v) is 4.87. The molecule has 29 heavy (non-hydrogen) atoms. The quantitative estimate of drug-likeness (QED) is 0.774. The third-order valence-electron chi connectivity index (χ3n) is 4.64. The average molecular weight is 422 g/mol. The number of aromatic nitrogens is 2. The Morgan fingerprint density at radius 3 is 2.48 bits per heavy atom. The maximum absolute atomic E-state index is 13.0. The van der Waals surface area contributed by atoms with E-state index in [4.69, 9.17) is 16.6 Å². The zero-order chi connectivity index (χ0) is 21.9. The first-order valence-corrected chi connectivity index (χ1v) is 10.3. The van der Waals surface area contributed by atoms with Crippen molar-refractivity contribution in [3.05, 3.63) is 39.4 Å². The van der Waals surface area contributed by atoms with E-state index >= 15 is 0 Å². The van der Waals surface area contributed by atoms with Crippen LogP contribution in [0.2, 0.25) is 5.02 Å². The molecule has 2 aromatic rings. The van der Waals surface area contributed by atoms with Crippen LogP contribution < -0.4 is 10.9 Å². The van der Waals surface area contributed by atoms with Crippen LogP contribution >= 0.6 is 11.6 Å². The first-order valence-electron chi connectivity index (χ1n) is 9.88. The largest absolute Gasteiger partial charge is 0.333 e. The van der Waals surface area contributed by atoms with Crippen molar-refractivity contribution in [2.75, 3.05) is 27.2 Å². The molecular formula is C21H32ClN5O2. The zero-order valence-corrected chi connectivity index (χ0v) is 19.2. The van der Waals surface area contributed by atoms with E-state index in [1.165, 1.54) is 0 Å². The Labute approximate surface area is 177 Å². The third kappa shape index (κ3) is 5.70. The van der Waals surface area contributed by atoms with E-state index in [-0.39, 0.29) is 17.1 Å². The summed E-state index contributed by atoms with van der Waals surface area (Å²) in [5, 5.41) is 4.06. The van der Waals surface area contributed by atoms with Gasteiger partial charge in [-0.3, -0.25) is 9.36 Å². The summed E-state index contributed by atoms with van der Waals surface area (Å²) >= 11 is 6.12. The first kappa shape index (κ1) is 23.2. The molecular weight excluding hydrogens is 390 g/mol. The number of hydrogen-bond acceptors (Lipinski definition) is 4. The van der Waals surface area contributed by atoms with Gasteiger partial charge in [0.25, 0.3) is 5.56 Å². The predicted molar refractivity (Wildman–Crippen MR) is 119 cm³/mol. The highest BCUT2D eigenvalue weighted by atomic mass is 35.5. The van der Waals surface area contributed by atoms with Crippen LogP contribution in [-0.2, 0) is 6.54 Å². The van der Waals surface area contributed by atoms with Gasteiger partial charge in [0, 0.05) is 30.2 Å². The molecule has 2 amide bonds. The smallest absolute Gasteiger partial charge is 0.318 e. The molecule has 0 bridgehead atoms. The van der Waals surface area contributed by atoms with E-state index in [1.807, 2.05) is 53.6 Å². The predicted octanol–water partition coefficient (Wildman–Crippen LogP) is 3.50. The van der Waals surface area contributed by atoms with Crippen molar-refractivity contribution in [1.29, 1.82) is 0 Å². The molecule has 160 valence electrons. The number of benzene rings is 1. The fourth-order valence-electron chi connectivity index (χ4n) is 3.15. The van der Waals surface area contributed by atoms with E-state index in [1.54, 1.807) is 27.7 Å². The lowest BCUT2D eigenvalue weighted by molar-refractivity contribution is 0.159. The van der Waals surface area contributed by atoms with Crippen molar-refractivity contribution in [3.63, 3.8) is 0 Å². The van der Waals surface area contributed by atoms with E-state index in [0.29, 0.717) is 41.4 Å². The molecule has 1 aromatic carbocycles. The lowest BCUT2D eigenvalue weighted by Gasteiger charge is -2.34. The van der Waals surface area contributed by atoms with Gasteiger partial charge in [-0.1, -0.05) is 11.6 Å². The van der Waals surface area contributed by atoms with Crippen molar-refractivity contribution < 1.29 is 4.79 Å². The van der Waals surface area contributed by atoms with Gasteiger partial charge in [0.15, 0.2) is 0 Å². The van der Waals surface area contributed by atoms with Crippen molar-refractivity contribution in [1.82, 2.24) is 24.7 Å². The lowest BCUT2D eigenvalue weighted by atomic mass is 10.1. The fraction of sp³-hybridized carbons (Fsp3) is 0.571. The summed E-state index contributed by atoms with van der Waals surface area (Å²) in [7, 11) is 3.92. The molecule has 1 atom stereocenters. The van der Waals surface area contributed by atoms with Crippen LogP contribution in [0, 0.1) is 0 Å². The monoisotopic (exact) mass is 421 g/mol. The van der Waals surface area contributed by atoms with Crippen molar-refractivity contribution in [3.8, 4) is 0 Å².